The standard InChI is InChI=1S/C8H16N2O.C7H13NO2/c1-7(2)8(11)10(5)6-9(3)4;1-6(2)7(9)10-5-8(3)4/h1,6H2,2-5H3;1,5H2,2-4H3. The summed E-state index contributed by atoms with van der Waals surface area (Å²) in [5.41, 5.74) is 1.01. The van der Waals surface area contributed by atoms with Crippen molar-refractivity contribution >= 4 is 11.9 Å². The average Bonchev–Trinajstić information content (AvgIpc) is 2.34. The Balaban J connectivity index is 0. The van der Waals surface area contributed by atoms with E-state index in [0.29, 0.717) is 24.5 Å². The topological polar surface area (TPSA) is 53.1 Å². The second kappa shape index (κ2) is 11.0. The lowest BCUT2D eigenvalue weighted by Crippen LogP contribution is -2.35. The Morgan fingerprint density at radius 1 is 0.905 bits per heavy atom. The van der Waals surface area contributed by atoms with Gasteiger partial charge >= 0.3 is 5.97 Å². The fraction of sp³-hybridized carbons (Fsp3) is 0.600. The molecule has 0 unspecified atom stereocenters. The van der Waals surface area contributed by atoms with Gasteiger partial charge in [0.2, 0.25) is 5.91 Å². The number of ether oxygens (including phenoxy) is 1. The zero-order chi connectivity index (χ0) is 17.2. The number of carbonyl (C=O) groups is 2. The number of rotatable bonds is 6. The number of nitrogens with zero attached hydrogens (tertiary/aromatic N) is 3. The summed E-state index contributed by atoms with van der Waals surface area (Å²) in [4.78, 5) is 27.2. The first-order valence-electron chi connectivity index (χ1n) is 6.52. The van der Waals surface area contributed by atoms with Crippen LogP contribution in [0.2, 0.25) is 0 Å². The van der Waals surface area contributed by atoms with Gasteiger partial charge in [-0.1, -0.05) is 13.2 Å². The van der Waals surface area contributed by atoms with Crippen LogP contribution >= 0.6 is 0 Å². The minimum atomic E-state index is -0.339. The molecule has 0 N–H and O–H groups in total. The van der Waals surface area contributed by atoms with E-state index in [9.17, 15) is 9.59 Å². The van der Waals surface area contributed by atoms with Crippen molar-refractivity contribution in [2.24, 2.45) is 0 Å². The van der Waals surface area contributed by atoms with E-state index in [2.05, 4.69) is 13.2 Å². The van der Waals surface area contributed by atoms with E-state index < -0.39 is 0 Å². The molecule has 0 saturated carbocycles. The van der Waals surface area contributed by atoms with Crippen LogP contribution in [0.25, 0.3) is 0 Å². The summed E-state index contributed by atoms with van der Waals surface area (Å²) >= 11 is 0. The molecule has 6 nitrogen and oxygen atoms in total. The Kier molecular flexibility index (Phi) is 11.4. The lowest BCUT2D eigenvalue weighted by atomic mass is 10.3. The lowest BCUT2D eigenvalue weighted by molar-refractivity contribution is -0.142. The summed E-state index contributed by atoms with van der Waals surface area (Å²) in [6.07, 6.45) is 0. The second-order valence-corrected chi connectivity index (χ2v) is 5.43. The van der Waals surface area contributed by atoms with Crippen LogP contribution in [0.3, 0.4) is 0 Å². The minimum Gasteiger partial charge on any atom is -0.446 e. The number of hydrogen-bond donors (Lipinski definition) is 0. The van der Waals surface area contributed by atoms with Crippen molar-refractivity contribution in [2.75, 3.05) is 48.6 Å². The molecule has 0 aromatic rings. The highest BCUT2D eigenvalue weighted by atomic mass is 16.5. The number of likely N-dealkylation sites (N-methyl/N-ethyl adjacent to an activating group) is 1. The van der Waals surface area contributed by atoms with Crippen LogP contribution < -0.4 is 0 Å². The van der Waals surface area contributed by atoms with Crippen molar-refractivity contribution in [3.63, 3.8) is 0 Å². The molecule has 0 fully saturated rings. The Morgan fingerprint density at radius 2 is 1.38 bits per heavy atom. The first-order valence-corrected chi connectivity index (χ1v) is 6.52. The maximum absolute atomic E-state index is 11.2. The smallest absolute Gasteiger partial charge is 0.334 e. The van der Waals surface area contributed by atoms with Crippen LogP contribution in [0.1, 0.15) is 13.8 Å². The highest BCUT2D eigenvalue weighted by molar-refractivity contribution is 5.91. The fourth-order valence-electron chi connectivity index (χ4n) is 1.13. The highest BCUT2D eigenvalue weighted by Crippen LogP contribution is 1.95. The number of hydrogen-bond acceptors (Lipinski definition) is 5. The number of amides is 1. The van der Waals surface area contributed by atoms with E-state index in [1.165, 1.54) is 0 Å². The third-order valence-corrected chi connectivity index (χ3v) is 2.01. The van der Waals surface area contributed by atoms with Crippen LogP contribution in [-0.4, -0.2) is 75.2 Å². The molecule has 0 spiro atoms. The van der Waals surface area contributed by atoms with Crippen molar-refractivity contribution < 1.29 is 14.3 Å². The third-order valence-electron chi connectivity index (χ3n) is 2.01. The van der Waals surface area contributed by atoms with Gasteiger partial charge in [0.15, 0.2) is 0 Å². The van der Waals surface area contributed by atoms with E-state index in [-0.39, 0.29) is 11.9 Å². The van der Waals surface area contributed by atoms with Crippen LogP contribution in [0.15, 0.2) is 24.3 Å². The molecule has 21 heavy (non-hydrogen) atoms. The molecule has 0 aliphatic heterocycles. The Bertz CT molecular complexity index is 376. The minimum absolute atomic E-state index is 0.00120. The predicted molar refractivity (Wildman–Crippen MR) is 85.6 cm³/mol. The van der Waals surface area contributed by atoms with Crippen molar-refractivity contribution in [3.05, 3.63) is 24.3 Å². The Labute approximate surface area is 128 Å². The van der Waals surface area contributed by atoms with E-state index in [1.807, 2.05) is 33.1 Å². The van der Waals surface area contributed by atoms with Gasteiger partial charge < -0.3 is 9.64 Å². The van der Waals surface area contributed by atoms with Gasteiger partial charge in [0.05, 0.1) is 6.67 Å². The quantitative estimate of drug-likeness (QED) is 0.418. The van der Waals surface area contributed by atoms with E-state index in [4.69, 9.17) is 4.74 Å². The van der Waals surface area contributed by atoms with Crippen molar-refractivity contribution in [1.29, 1.82) is 0 Å². The summed E-state index contributed by atoms with van der Waals surface area (Å²) in [5.74, 6) is -0.340. The molecule has 122 valence electrons. The van der Waals surface area contributed by atoms with Crippen LogP contribution in [-0.2, 0) is 14.3 Å². The van der Waals surface area contributed by atoms with E-state index in [0.717, 1.165) is 0 Å². The fourth-order valence-corrected chi connectivity index (χ4v) is 1.13. The van der Waals surface area contributed by atoms with Gasteiger partial charge in [-0.05, 0) is 42.0 Å². The molecule has 0 aromatic carbocycles. The van der Waals surface area contributed by atoms with Crippen molar-refractivity contribution in [3.8, 4) is 0 Å². The first kappa shape index (κ1) is 21.6. The number of carbonyl (C=O) groups excluding carboxylic acids is 2. The van der Waals surface area contributed by atoms with E-state index >= 15 is 0 Å². The van der Waals surface area contributed by atoms with Crippen molar-refractivity contribution in [2.45, 2.75) is 13.8 Å². The molecule has 6 heteroatoms. The molecular formula is C15H29N3O3. The van der Waals surface area contributed by atoms with Gasteiger partial charge in [-0.2, -0.15) is 0 Å². The van der Waals surface area contributed by atoms with Crippen LogP contribution in [0.5, 0.6) is 0 Å². The molecular weight excluding hydrogens is 270 g/mol. The van der Waals surface area contributed by atoms with Crippen molar-refractivity contribution in [1.82, 2.24) is 14.7 Å². The third kappa shape index (κ3) is 13.1. The summed E-state index contributed by atoms with van der Waals surface area (Å²) in [6.45, 7) is 11.3. The van der Waals surface area contributed by atoms with Gasteiger partial charge in [0.1, 0.15) is 6.73 Å². The zero-order valence-electron chi connectivity index (χ0n) is 14.4. The molecule has 0 rings (SSSR count). The molecule has 0 aliphatic rings. The van der Waals surface area contributed by atoms with Gasteiger partial charge in [-0.3, -0.25) is 14.6 Å². The largest absolute Gasteiger partial charge is 0.446 e. The molecule has 0 heterocycles. The van der Waals surface area contributed by atoms with Gasteiger partial charge in [0.25, 0.3) is 0 Å². The molecule has 0 radical (unpaired) electrons. The maximum atomic E-state index is 11.2. The zero-order valence-corrected chi connectivity index (χ0v) is 14.4. The number of esters is 1. The lowest BCUT2D eigenvalue weighted by Gasteiger charge is -2.21. The van der Waals surface area contributed by atoms with E-state index in [1.54, 1.807) is 30.7 Å². The summed E-state index contributed by atoms with van der Waals surface area (Å²) in [5, 5.41) is 0. The SMILES string of the molecule is C=C(C)C(=O)N(C)CN(C)C.C=C(C)C(=O)OCN(C)C. The monoisotopic (exact) mass is 299 g/mol. The molecule has 0 aromatic heterocycles. The highest BCUT2D eigenvalue weighted by Gasteiger charge is 2.08. The Morgan fingerprint density at radius 3 is 1.67 bits per heavy atom. The van der Waals surface area contributed by atoms with Crippen LogP contribution in [0, 0.1) is 0 Å². The molecule has 0 atom stereocenters. The normalized spacial score (nSPS) is 9.76. The van der Waals surface area contributed by atoms with Gasteiger partial charge in [-0.25, -0.2) is 4.79 Å². The molecule has 0 aliphatic carbocycles. The summed E-state index contributed by atoms with van der Waals surface area (Å²) in [7, 11) is 9.25. The summed E-state index contributed by atoms with van der Waals surface area (Å²) < 4.78 is 4.75. The second-order valence-electron chi connectivity index (χ2n) is 5.43. The predicted octanol–water partition coefficient (Wildman–Crippen LogP) is 1.16. The first-order chi connectivity index (χ1) is 9.48. The average molecular weight is 299 g/mol. The molecule has 0 bridgehead atoms. The van der Waals surface area contributed by atoms with Gasteiger partial charge in [-0.15, -0.1) is 0 Å². The Hall–Kier alpha value is -1.66. The van der Waals surface area contributed by atoms with Crippen LogP contribution in [0.4, 0.5) is 0 Å². The molecule has 1 amide bonds. The molecule has 0 saturated heterocycles. The maximum Gasteiger partial charge on any atom is 0.334 e. The van der Waals surface area contributed by atoms with Gasteiger partial charge in [0, 0.05) is 18.2 Å². The summed E-state index contributed by atoms with van der Waals surface area (Å²) in [6, 6.07) is 0.